The van der Waals surface area contributed by atoms with Crippen LogP contribution in [0.25, 0.3) is 0 Å². The van der Waals surface area contributed by atoms with Crippen molar-refractivity contribution in [1.29, 1.82) is 0 Å². The third-order valence-corrected chi connectivity index (χ3v) is 5.62. The van der Waals surface area contributed by atoms with Crippen molar-refractivity contribution in [3.05, 3.63) is 54.1 Å². The lowest BCUT2D eigenvalue weighted by Gasteiger charge is -2.29. The molecule has 6 nitrogen and oxygen atoms in total. The topological polar surface area (TPSA) is 65.5 Å². The molecule has 2 fully saturated rings. The van der Waals surface area contributed by atoms with Gasteiger partial charge in [0.05, 0.1) is 11.6 Å². The third kappa shape index (κ3) is 4.55. The van der Waals surface area contributed by atoms with E-state index in [1.54, 1.807) is 29.4 Å². The van der Waals surface area contributed by atoms with E-state index in [1.807, 2.05) is 12.1 Å². The highest BCUT2D eigenvalue weighted by molar-refractivity contribution is 5.97. The van der Waals surface area contributed by atoms with Gasteiger partial charge in [-0.3, -0.25) is 14.6 Å². The minimum absolute atomic E-state index is 0.0476. The molecule has 7 heteroatoms. The quantitative estimate of drug-likeness (QED) is 0.843. The molecule has 1 N–H and O–H groups in total. The fourth-order valence-electron chi connectivity index (χ4n) is 4.03. The Morgan fingerprint density at radius 3 is 2.62 bits per heavy atom. The predicted molar refractivity (Wildman–Crippen MR) is 109 cm³/mol. The number of nitrogens with zero attached hydrogens (tertiary/aromatic N) is 3. The zero-order chi connectivity index (χ0) is 20.2. The SMILES string of the molecule is O=C(Nc1ccc(N2CCCCC2)c(F)c1)[C@@H]1CC(=O)N(Cc2ccncc2)C1. The van der Waals surface area contributed by atoms with E-state index in [0.717, 1.165) is 31.5 Å². The standard InChI is InChI=1S/C22H25FN4O2/c23-19-13-18(4-5-20(19)26-10-2-1-3-11-26)25-22(29)17-12-21(28)27(15-17)14-16-6-8-24-9-7-16/h4-9,13,17H,1-3,10-12,14-15H2,(H,25,29)/t17-/m1/s1. The average molecular weight is 396 g/mol. The number of amides is 2. The highest BCUT2D eigenvalue weighted by Gasteiger charge is 2.34. The molecule has 0 aliphatic carbocycles. The number of likely N-dealkylation sites (tertiary alicyclic amines) is 1. The number of pyridine rings is 1. The van der Waals surface area contributed by atoms with Crippen molar-refractivity contribution >= 4 is 23.2 Å². The van der Waals surface area contributed by atoms with Gasteiger partial charge in [0, 0.05) is 50.7 Å². The summed E-state index contributed by atoms with van der Waals surface area (Å²) in [7, 11) is 0. The van der Waals surface area contributed by atoms with E-state index < -0.39 is 5.92 Å². The molecule has 29 heavy (non-hydrogen) atoms. The third-order valence-electron chi connectivity index (χ3n) is 5.62. The van der Waals surface area contributed by atoms with E-state index in [1.165, 1.54) is 12.5 Å². The first-order chi connectivity index (χ1) is 14.1. The molecule has 3 heterocycles. The van der Waals surface area contributed by atoms with E-state index in [4.69, 9.17) is 0 Å². The van der Waals surface area contributed by atoms with Crippen molar-refractivity contribution < 1.29 is 14.0 Å². The minimum Gasteiger partial charge on any atom is -0.369 e. The van der Waals surface area contributed by atoms with Crippen molar-refractivity contribution in [3.63, 3.8) is 0 Å². The molecular formula is C22H25FN4O2. The molecule has 2 aliphatic rings. The molecule has 4 rings (SSSR count). The van der Waals surface area contributed by atoms with Crippen molar-refractivity contribution in [1.82, 2.24) is 9.88 Å². The Labute approximate surface area is 169 Å². The first kappa shape index (κ1) is 19.4. The van der Waals surface area contributed by atoms with E-state index in [-0.39, 0.29) is 24.1 Å². The van der Waals surface area contributed by atoms with Crippen LogP contribution in [0.4, 0.5) is 15.8 Å². The highest BCUT2D eigenvalue weighted by atomic mass is 19.1. The second-order valence-electron chi connectivity index (χ2n) is 7.73. The van der Waals surface area contributed by atoms with Gasteiger partial charge in [-0.1, -0.05) is 0 Å². The Morgan fingerprint density at radius 1 is 1.14 bits per heavy atom. The number of benzene rings is 1. The van der Waals surface area contributed by atoms with Crippen molar-refractivity contribution in [2.75, 3.05) is 29.9 Å². The van der Waals surface area contributed by atoms with Crippen LogP contribution in [0, 0.1) is 11.7 Å². The summed E-state index contributed by atoms with van der Waals surface area (Å²) in [6.07, 6.45) is 6.87. The fourth-order valence-corrected chi connectivity index (χ4v) is 4.03. The molecule has 152 valence electrons. The van der Waals surface area contributed by atoms with Crippen molar-refractivity contribution in [2.45, 2.75) is 32.2 Å². The van der Waals surface area contributed by atoms with Gasteiger partial charge in [-0.05, 0) is 55.2 Å². The predicted octanol–water partition coefficient (Wildman–Crippen LogP) is 3.20. The van der Waals surface area contributed by atoms with E-state index in [9.17, 15) is 14.0 Å². The maximum absolute atomic E-state index is 14.6. The molecule has 1 aromatic carbocycles. The Kier molecular flexibility index (Phi) is 5.74. The fraction of sp³-hybridized carbons (Fsp3) is 0.409. The molecule has 2 amide bonds. The maximum atomic E-state index is 14.6. The van der Waals surface area contributed by atoms with Crippen LogP contribution in [-0.4, -0.2) is 41.3 Å². The molecule has 0 unspecified atom stereocenters. The summed E-state index contributed by atoms with van der Waals surface area (Å²) in [4.78, 5) is 32.6. The van der Waals surface area contributed by atoms with Gasteiger partial charge in [-0.2, -0.15) is 0 Å². The summed E-state index contributed by atoms with van der Waals surface area (Å²) in [6.45, 7) is 2.55. The number of carbonyl (C=O) groups excluding carboxylic acids is 2. The van der Waals surface area contributed by atoms with Gasteiger partial charge in [0.1, 0.15) is 5.82 Å². The number of anilines is 2. The Bertz CT molecular complexity index is 884. The second kappa shape index (κ2) is 8.59. The smallest absolute Gasteiger partial charge is 0.229 e. The van der Waals surface area contributed by atoms with Crippen LogP contribution in [0.1, 0.15) is 31.2 Å². The summed E-state index contributed by atoms with van der Waals surface area (Å²) >= 11 is 0. The van der Waals surface area contributed by atoms with Gasteiger partial charge in [0.15, 0.2) is 0 Å². The van der Waals surface area contributed by atoms with Gasteiger partial charge < -0.3 is 15.1 Å². The highest BCUT2D eigenvalue weighted by Crippen LogP contribution is 2.27. The number of nitrogens with one attached hydrogen (secondary N) is 1. The summed E-state index contributed by atoms with van der Waals surface area (Å²) in [5.74, 6) is -1.06. The summed E-state index contributed by atoms with van der Waals surface area (Å²) in [6, 6.07) is 8.54. The maximum Gasteiger partial charge on any atom is 0.229 e. The summed E-state index contributed by atoms with van der Waals surface area (Å²) < 4.78 is 14.6. The summed E-state index contributed by atoms with van der Waals surface area (Å²) in [5, 5.41) is 2.77. The molecule has 2 aromatic rings. The normalized spacial score (nSPS) is 19.5. The van der Waals surface area contributed by atoms with E-state index in [0.29, 0.717) is 24.5 Å². The molecular weight excluding hydrogens is 371 g/mol. The van der Waals surface area contributed by atoms with Gasteiger partial charge in [0.2, 0.25) is 11.8 Å². The first-order valence-corrected chi connectivity index (χ1v) is 10.1. The molecule has 2 aliphatic heterocycles. The average Bonchev–Trinajstić information content (AvgIpc) is 3.10. The molecule has 0 spiro atoms. The van der Waals surface area contributed by atoms with Crippen molar-refractivity contribution in [2.24, 2.45) is 5.92 Å². The minimum atomic E-state index is -0.436. The van der Waals surface area contributed by atoms with Crippen LogP contribution in [0.5, 0.6) is 0 Å². The number of hydrogen-bond acceptors (Lipinski definition) is 4. The number of hydrogen-bond donors (Lipinski definition) is 1. The first-order valence-electron chi connectivity index (χ1n) is 10.1. The van der Waals surface area contributed by atoms with Gasteiger partial charge in [-0.25, -0.2) is 4.39 Å². The van der Waals surface area contributed by atoms with Gasteiger partial charge in [0.25, 0.3) is 0 Å². The molecule has 0 saturated carbocycles. The molecule has 1 atom stereocenters. The number of carbonyl (C=O) groups is 2. The van der Waals surface area contributed by atoms with Gasteiger partial charge >= 0.3 is 0 Å². The molecule has 0 bridgehead atoms. The Morgan fingerprint density at radius 2 is 1.90 bits per heavy atom. The lowest BCUT2D eigenvalue weighted by molar-refractivity contribution is -0.128. The van der Waals surface area contributed by atoms with Crippen LogP contribution in [-0.2, 0) is 16.1 Å². The lowest BCUT2D eigenvalue weighted by Crippen LogP contribution is -2.30. The summed E-state index contributed by atoms with van der Waals surface area (Å²) in [5.41, 5.74) is 1.99. The number of aromatic nitrogens is 1. The number of halogens is 1. The van der Waals surface area contributed by atoms with Crippen molar-refractivity contribution in [3.8, 4) is 0 Å². The largest absolute Gasteiger partial charge is 0.369 e. The van der Waals surface area contributed by atoms with Crippen LogP contribution in [0.3, 0.4) is 0 Å². The Hall–Kier alpha value is -2.96. The number of rotatable bonds is 5. The number of piperidine rings is 1. The zero-order valence-electron chi connectivity index (χ0n) is 16.3. The lowest BCUT2D eigenvalue weighted by atomic mass is 10.1. The van der Waals surface area contributed by atoms with Crippen LogP contribution in [0.15, 0.2) is 42.7 Å². The van der Waals surface area contributed by atoms with E-state index >= 15 is 0 Å². The molecule has 2 saturated heterocycles. The van der Waals surface area contributed by atoms with Crippen LogP contribution in [0.2, 0.25) is 0 Å². The molecule has 0 radical (unpaired) electrons. The monoisotopic (exact) mass is 396 g/mol. The van der Waals surface area contributed by atoms with E-state index in [2.05, 4.69) is 15.2 Å². The Balaban J connectivity index is 1.36. The zero-order valence-corrected chi connectivity index (χ0v) is 16.3. The second-order valence-corrected chi connectivity index (χ2v) is 7.73. The van der Waals surface area contributed by atoms with Crippen LogP contribution >= 0.6 is 0 Å². The van der Waals surface area contributed by atoms with Crippen LogP contribution < -0.4 is 10.2 Å². The molecule has 1 aromatic heterocycles. The van der Waals surface area contributed by atoms with Gasteiger partial charge in [-0.15, -0.1) is 0 Å².